The topological polar surface area (TPSA) is 67.2 Å². The lowest BCUT2D eigenvalue weighted by molar-refractivity contribution is -0.119. The molecular formula is C23H34N6O. The zero-order valence-corrected chi connectivity index (χ0v) is 18.8. The van der Waals surface area contributed by atoms with Crippen molar-refractivity contribution in [3.05, 3.63) is 35.0 Å². The lowest BCUT2D eigenvalue weighted by atomic mass is 10.0. The van der Waals surface area contributed by atoms with Gasteiger partial charge in [0.05, 0.1) is 12.2 Å². The van der Waals surface area contributed by atoms with Gasteiger partial charge in [-0.2, -0.15) is 5.10 Å². The van der Waals surface area contributed by atoms with Gasteiger partial charge in [-0.3, -0.25) is 19.3 Å². The predicted molar refractivity (Wildman–Crippen MR) is 117 cm³/mol. The van der Waals surface area contributed by atoms with E-state index in [1.165, 1.54) is 5.56 Å². The molecule has 2 aromatic heterocycles. The van der Waals surface area contributed by atoms with Gasteiger partial charge in [-0.05, 0) is 52.0 Å². The van der Waals surface area contributed by atoms with Crippen LogP contribution in [0.4, 0.5) is 5.82 Å². The van der Waals surface area contributed by atoms with E-state index in [2.05, 4.69) is 43.9 Å². The van der Waals surface area contributed by atoms with E-state index in [4.69, 9.17) is 9.97 Å². The van der Waals surface area contributed by atoms with Crippen molar-refractivity contribution in [3.8, 4) is 0 Å². The first-order valence-electron chi connectivity index (χ1n) is 11.4. The lowest BCUT2D eigenvalue weighted by Crippen LogP contribution is -2.38. The molecule has 0 spiro atoms. The van der Waals surface area contributed by atoms with E-state index in [1.807, 2.05) is 15.8 Å². The van der Waals surface area contributed by atoms with Crippen molar-refractivity contribution in [2.45, 2.75) is 78.9 Å². The molecule has 0 unspecified atom stereocenters. The number of hydrogen-bond acceptors (Lipinski definition) is 5. The molecule has 1 atom stereocenters. The van der Waals surface area contributed by atoms with E-state index < -0.39 is 0 Å². The van der Waals surface area contributed by atoms with Crippen LogP contribution in [0.5, 0.6) is 0 Å². The molecule has 1 saturated heterocycles. The van der Waals surface area contributed by atoms with Gasteiger partial charge < -0.3 is 0 Å². The van der Waals surface area contributed by atoms with Crippen LogP contribution in [0.2, 0.25) is 0 Å². The summed E-state index contributed by atoms with van der Waals surface area (Å²) in [5.41, 5.74) is 3.41. The Kier molecular flexibility index (Phi) is 6.18. The number of hydrogen-bond donors (Lipinski definition) is 0. The van der Waals surface area contributed by atoms with Crippen LogP contribution in [-0.2, 0) is 24.3 Å². The average Bonchev–Trinajstić information content (AvgIpc) is 3.36. The Labute approximate surface area is 179 Å². The molecule has 0 radical (unpaired) electrons. The molecule has 7 nitrogen and oxygen atoms in total. The summed E-state index contributed by atoms with van der Waals surface area (Å²) in [5, 5.41) is 4.41. The second-order valence-electron chi connectivity index (χ2n) is 9.03. The molecule has 2 aromatic rings. The van der Waals surface area contributed by atoms with Gasteiger partial charge >= 0.3 is 0 Å². The summed E-state index contributed by atoms with van der Waals surface area (Å²) in [5.74, 6) is 2.48. The van der Waals surface area contributed by atoms with E-state index in [-0.39, 0.29) is 11.9 Å². The highest BCUT2D eigenvalue weighted by Crippen LogP contribution is 2.35. The fourth-order valence-electron chi connectivity index (χ4n) is 4.57. The molecular weight excluding hydrogens is 376 g/mol. The minimum atomic E-state index is 0.197. The third-order valence-corrected chi connectivity index (χ3v) is 6.34. The summed E-state index contributed by atoms with van der Waals surface area (Å²) in [7, 11) is 0. The van der Waals surface area contributed by atoms with E-state index in [0.717, 1.165) is 74.8 Å². The summed E-state index contributed by atoms with van der Waals surface area (Å²) < 4.78 is 1.97. The molecule has 0 N–H and O–H groups in total. The lowest BCUT2D eigenvalue weighted by Gasteiger charge is -2.31. The van der Waals surface area contributed by atoms with Crippen molar-refractivity contribution >= 4 is 11.7 Å². The normalized spacial score (nSPS) is 19.7. The quantitative estimate of drug-likeness (QED) is 0.697. The molecule has 1 amide bonds. The smallest absolute Gasteiger partial charge is 0.228 e. The van der Waals surface area contributed by atoms with Gasteiger partial charge in [-0.15, -0.1) is 0 Å². The number of amides is 1. The predicted octanol–water partition coefficient (Wildman–Crippen LogP) is 3.66. The molecule has 4 rings (SSSR count). The van der Waals surface area contributed by atoms with Crippen molar-refractivity contribution in [1.82, 2.24) is 24.6 Å². The minimum Gasteiger partial charge on any atom is -0.296 e. The van der Waals surface area contributed by atoms with E-state index in [0.29, 0.717) is 12.3 Å². The zero-order chi connectivity index (χ0) is 21.3. The third kappa shape index (κ3) is 4.26. The Morgan fingerprint density at radius 2 is 2.07 bits per heavy atom. The molecule has 0 saturated carbocycles. The maximum atomic E-state index is 12.7. The average molecular weight is 411 g/mol. The van der Waals surface area contributed by atoms with Crippen LogP contribution in [0.15, 0.2) is 12.4 Å². The van der Waals surface area contributed by atoms with Gasteiger partial charge in [-0.1, -0.05) is 13.8 Å². The molecule has 2 aliphatic heterocycles. The first kappa shape index (κ1) is 21.0. The number of rotatable bonds is 7. The molecule has 4 heterocycles. The van der Waals surface area contributed by atoms with Crippen molar-refractivity contribution < 1.29 is 4.79 Å². The number of anilines is 1. The highest BCUT2D eigenvalue weighted by atomic mass is 16.2. The summed E-state index contributed by atoms with van der Waals surface area (Å²) in [6.45, 7) is 12.1. The Hall–Kier alpha value is -2.28. The SMILES string of the molecule is CCn1cc(CN2CCC[C@H]2c2nc(C)c3c(n2)N(CCC(C)C)C(=O)CC3)cn1. The van der Waals surface area contributed by atoms with Crippen molar-refractivity contribution in [3.63, 3.8) is 0 Å². The summed E-state index contributed by atoms with van der Waals surface area (Å²) in [6.07, 6.45) is 8.59. The van der Waals surface area contributed by atoms with E-state index in [9.17, 15) is 4.79 Å². The highest BCUT2D eigenvalue weighted by Gasteiger charge is 2.33. The molecule has 162 valence electrons. The van der Waals surface area contributed by atoms with Crippen LogP contribution >= 0.6 is 0 Å². The van der Waals surface area contributed by atoms with Crippen LogP contribution in [-0.4, -0.2) is 43.6 Å². The molecule has 7 heteroatoms. The molecule has 2 aliphatic rings. The van der Waals surface area contributed by atoms with Crippen LogP contribution in [0.3, 0.4) is 0 Å². The van der Waals surface area contributed by atoms with Gasteiger partial charge in [0.2, 0.25) is 5.91 Å². The van der Waals surface area contributed by atoms with Gasteiger partial charge in [0, 0.05) is 49.1 Å². The molecule has 1 fully saturated rings. The van der Waals surface area contributed by atoms with Gasteiger partial charge in [0.1, 0.15) is 11.6 Å². The third-order valence-electron chi connectivity index (χ3n) is 6.34. The first-order chi connectivity index (χ1) is 14.5. The van der Waals surface area contributed by atoms with Gasteiger partial charge in [0.25, 0.3) is 0 Å². The summed E-state index contributed by atoms with van der Waals surface area (Å²) in [4.78, 5) is 27.0. The Balaban J connectivity index is 1.60. The fraction of sp³-hybridized carbons (Fsp3) is 0.652. The molecule has 0 aliphatic carbocycles. The van der Waals surface area contributed by atoms with Crippen molar-refractivity contribution in [1.29, 1.82) is 0 Å². The molecule has 30 heavy (non-hydrogen) atoms. The number of carbonyl (C=O) groups is 1. The number of carbonyl (C=O) groups excluding carboxylic acids is 1. The van der Waals surface area contributed by atoms with Crippen molar-refractivity contribution in [2.24, 2.45) is 5.92 Å². The number of likely N-dealkylation sites (tertiary alicyclic amines) is 1. The zero-order valence-electron chi connectivity index (χ0n) is 18.8. The Morgan fingerprint density at radius 1 is 1.23 bits per heavy atom. The van der Waals surface area contributed by atoms with Crippen LogP contribution < -0.4 is 4.90 Å². The number of nitrogens with zero attached hydrogens (tertiary/aromatic N) is 6. The van der Waals surface area contributed by atoms with E-state index >= 15 is 0 Å². The highest BCUT2D eigenvalue weighted by molar-refractivity contribution is 5.95. The number of aromatic nitrogens is 4. The summed E-state index contributed by atoms with van der Waals surface area (Å²) in [6, 6.07) is 0.197. The standard InChI is InChI=1S/C23H34N6O/c1-5-28-15-18(13-24-28)14-27-11-6-7-20(27)22-25-17(4)19-8-9-21(30)29(23(19)26-22)12-10-16(2)3/h13,15-16,20H,5-12,14H2,1-4H3/t20-/m0/s1. The van der Waals surface area contributed by atoms with Crippen molar-refractivity contribution in [2.75, 3.05) is 18.0 Å². The Bertz CT molecular complexity index is 905. The Morgan fingerprint density at radius 3 is 2.80 bits per heavy atom. The monoisotopic (exact) mass is 410 g/mol. The van der Waals surface area contributed by atoms with Crippen LogP contribution in [0, 0.1) is 12.8 Å². The fourth-order valence-corrected chi connectivity index (χ4v) is 4.57. The number of fused-ring (bicyclic) bond motifs is 1. The minimum absolute atomic E-state index is 0.197. The largest absolute Gasteiger partial charge is 0.296 e. The molecule has 0 aromatic carbocycles. The maximum absolute atomic E-state index is 12.7. The van der Waals surface area contributed by atoms with Crippen LogP contribution in [0.25, 0.3) is 0 Å². The number of aryl methyl sites for hydroxylation is 2. The van der Waals surface area contributed by atoms with Gasteiger partial charge in [-0.25, -0.2) is 9.97 Å². The van der Waals surface area contributed by atoms with Gasteiger partial charge in [0.15, 0.2) is 0 Å². The summed E-state index contributed by atoms with van der Waals surface area (Å²) >= 11 is 0. The van der Waals surface area contributed by atoms with Crippen LogP contribution in [0.1, 0.15) is 75.1 Å². The first-order valence-corrected chi connectivity index (χ1v) is 11.4. The molecule has 0 bridgehead atoms. The van der Waals surface area contributed by atoms with E-state index in [1.54, 1.807) is 0 Å². The second kappa shape index (κ2) is 8.84. The second-order valence-corrected chi connectivity index (χ2v) is 9.03. The maximum Gasteiger partial charge on any atom is 0.228 e.